The second kappa shape index (κ2) is 9.74. The van der Waals surface area contributed by atoms with Crippen molar-refractivity contribution >= 4 is 35.1 Å². The van der Waals surface area contributed by atoms with Gasteiger partial charge >= 0.3 is 0 Å². The van der Waals surface area contributed by atoms with E-state index in [-0.39, 0.29) is 11.9 Å². The smallest absolute Gasteiger partial charge is 0.262 e. The van der Waals surface area contributed by atoms with Gasteiger partial charge in [0.15, 0.2) is 0 Å². The van der Waals surface area contributed by atoms with E-state index in [0.29, 0.717) is 33.5 Å². The van der Waals surface area contributed by atoms with Crippen molar-refractivity contribution < 1.29 is 4.79 Å². The van der Waals surface area contributed by atoms with Crippen LogP contribution in [0.5, 0.6) is 0 Å². The van der Waals surface area contributed by atoms with E-state index in [2.05, 4.69) is 15.4 Å². The van der Waals surface area contributed by atoms with E-state index in [9.17, 15) is 4.79 Å². The van der Waals surface area contributed by atoms with E-state index in [0.717, 1.165) is 16.8 Å². The van der Waals surface area contributed by atoms with Crippen LogP contribution in [0.1, 0.15) is 21.6 Å². The summed E-state index contributed by atoms with van der Waals surface area (Å²) < 4.78 is 3.34. The number of hydrogen-bond donors (Lipinski definition) is 1. The molecular weight excluding hydrogens is 483 g/mol. The summed E-state index contributed by atoms with van der Waals surface area (Å²) in [7, 11) is 0. The number of anilines is 1. The largest absolute Gasteiger partial charge is 0.289 e. The number of benzene rings is 3. The minimum absolute atomic E-state index is 0.170. The third kappa shape index (κ3) is 4.69. The normalized spacial score (nSPS) is 10.9. The average molecular weight is 503 g/mol. The van der Waals surface area contributed by atoms with Crippen LogP contribution in [0.4, 0.5) is 5.95 Å². The number of para-hydroxylation sites is 1. The van der Waals surface area contributed by atoms with Crippen molar-refractivity contribution in [3.63, 3.8) is 0 Å². The molecule has 2 heterocycles. The molecule has 174 valence electrons. The van der Waals surface area contributed by atoms with Crippen molar-refractivity contribution in [3.05, 3.63) is 112 Å². The second-order valence-electron chi connectivity index (χ2n) is 7.84. The lowest BCUT2D eigenvalue weighted by Crippen LogP contribution is -2.15. The molecule has 5 aromatic rings. The summed E-state index contributed by atoms with van der Waals surface area (Å²) in [6.45, 7) is 2.19. The number of aromatic nitrogens is 5. The molecule has 7 nitrogen and oxygen atoms in total. The van der Waals surface area contributed by atoms with Crippen LogP contribution in [-0.4, -0.2) is 30.5 Å². The Balaban J connectivity index is 1.46. The van der Waals surface area contributed by atoms with Gasteiger partial charge in [-0.2, -0.15) is 5.10 Å². The molecule has 0 aliphatic rings. The lowest BCUT2D eigenvalue weighted by molar-refractivity contribution is 0.102. The van der Waals surface area contributed by atoms with Crippen LogP contribution in [0.2, 0.25) is 10.0 Å². The van der Waals surface area contributed by atoms with Crippen LogP contribution in [0.25, 0.3) is 16.9 Å². The Hall–Kier alpha value is -3.94. The number of amides is 1. The quantitative estimate of drug-likeness (QED) is 0.306. The fourth-order valence-corrected chi connectivity index (χ4v) is 4.35. The van der Waals surface area contributed by atoms with Crippen LogP contribution < -0.4 is 5.32 Å². The number of nitrogens with zero attached hydrogens (tertiary/aromatic N) is 5. The van der Waals surface area contributed by atoms with E-state index in [1.54, 1.807) is 27.6 Å². The fourth-order valence-electron chi connectivity index (χ4n) is 3.83. The van der Waals surface area contributed by atoms with Crippen molar-refractivity contribution in [2.75, 3.05) is 5.32 Å². The van der Waals surface area contributed by atoms with Crippen LogP contribution in [0.15, 0.2) is 85.2 Å². The SMILES string of the molecule is Cc1c(C(=O)Nc2ncn(Cc3c(Cl)cccc3Cl)n2)c(-c2ccccc2)nn1-c1ccccc1. The fraction of sp³-hybridized carbons (Fsp3) is 0.0769. The summed E-state index contributed by atoms with van der Waals surface area (Å²) in [5, 5.41) is 13.0. The zero-order chi connectivity index (χ0) is 24.4. The summed E-state index contributed by atoms with van der Waals surface area (Å²) in [6, 6.07) is 24.6. The third-order valence-corrected chi connectivity index (χ3v) is 6.24. The molecule has 2 aromatic heterocycles. The maximum absolute atomic E-state index is 13.5. The number of carbonyl (C=O) groups excluding carboxylic acids is 1. The van der Waals surface area contributed by atoms with E-state index in [1.807, 2.05) is 67.6 Å². The molecular formula is C26H20Cl2N6O. The molecule has 0 atom stereocenters. The van der Waals surface area contributed by atoms with Gasteiger partial charge in [0.25, 0.3) is 5.91 Å². The minimum Gasteiger partial charge on any atom is -0.289 e. The highest BCUT2D eigenvalue weighted by Gasteiger charge is 2.24. The van der Waals surface area contributed by atoms with Crippen molar-refractivity contribution in [1.29, 1.82) is 0 Å². The molecule has 1 N–H and O–H groups in total. The van der Waals surface area contributed by atoms with Crippen molar-refractivity contribution in [3.8, 4) is 16.9 Å². The molecule has 9 heteroatoms. The summed E-state index contributed by atoms with van der Waals surface area (Å²) in [5.74, 6) is -0.180. The molecule has 0 fully saturated rings. The molecule has 35 heavy (non-hydrogen) atoms. The molecule has 0 aliphatic heterocycles. The highest BCUT2D eigenvalue weighted by atomic mass is 35.5. The van der Waals surface area contributed by atoms with E-state index >= 15 is 0 Å². The first kappa shape index (κ1) is 22.8. The topological polar surface area (TPSA) is 77.6 Å². The zero-order valence-corrected chi connectivity index (χ0v) is 20.2. The van der Waals surface area contributed by atoms with Gasteiger partial charge in [-0.3, -0.25) is 10.1 Å². The second-order valence-corrected chi connectivity index (χ2v) is 8.66. The molecule has 0 bridgehead atoms. The van der Waals surface area contributed by atoms with E-state index in [1.165, 1.54) is 6.33 Å². The Kier molecular flexibility index (Phi) is 6.35. The van der Waals surface area contributed by atoms with Crippen molar-refractivity contribution in [2.24, 2.45) is 0 Å². The van der Waals surface area contributed by atoms with Crippen LogP contribution >= 0.6 is 23.2 Å². The van der Waals surface area contributed by atoms with Crippen LogP contribution in [-0.2, 0) is 6.54 Å². The molecule has 0 radical (unpaired) electrons. The van der Waals surface area contributed by atoms with Gasteiger partial charge in [-0.25, -0.2) is 14.3 Å². The molecule has 0 unspecified atom stereocenters. The van der Waals surface area contributed by atoms with Crippen molar-refractivity contribution in [1.82, 2.24) is 24.5 Å². The summed E-state index contributed by atoms with van der Waals surface area (Å²) in [6.07, 6.45) is 1.52. The Morgan fingerprint density at radius 2 is 1.54 bits per heavy atom. The molecule has 1 amide bonds. The molecule has 0 saturated carbocycles. The van der Waals surface area contributed by atoms with Crippen LogP contribution in [0, 0.1) is 6.92 Å². The summed E-state index contributed by atoms with van der Waals surface area (Å²) in [4.78, 5) is 17.7. The van der Waals surface area contributed by atoms with Gasteiger partial charge in [-0.1, -0.05) is 77.8 Å². The number of rotatable bonds is 6. The Labute approximate surface area is 212 Å². The molecule has 0 spiro atoms. The van der Waals surface area contributed by atoms with E-state index in [4.69, 9.17) is 28.3 Å². The van der Waals surface area contributed by atoms with Gasteiger partial charge in [0.1, 0.15) is 12.0 Å². The maximum Gasteiger partial charge on any atom is 0.262 e. The minimum atomic E-state index is -0.350. The summed E-state index contributed by atoms with van der Waals surface area (Å²) in [5.41, 5.74) is 4.15. The highest BCUT2D eigenvalue weighted by Crippen LogP contribution is 2.28. The lowest BCUT2D eigenvalue weighted by atomic mass is 10.1. The zero-order valence-electron chi connectivity index (χ0n) is 18.7. The van der Waals surface area contributed by atoms with Gasteiger partial charge in [-0.15, -0.1) is 5.10 Å². The lowest BCUT2D eigenvalue weighted by Gasteiger charge is -2.06. The first-order valence-corrected chi connectivity index (χ1v) is 11.6. The van der Waals surface area contributed by atoms with Crippen molar-refractivity contribution in [2.45, 2.75) is 13.5 Å². The first-order chi connectivity index (χ1) is 17.0. The Morgan fingerprint density at radius 3 is 2.23 bits per heavy atom. The molecule has 5 rings (SSSR count). The number of carbonyl (C=O) groups is 1. The maximum atomic E-state index is 13.5. The van der Waals surface area contributed by atoms with E-state index < -0.39 is 0 Å². The molecule has 0 saturated heterocycles. The van der Waals surface area contributed by atoms with Gasteiger partial charge in [0.2, 0.25) is 5.95 Å². The first-order valence-electron chi connectivity index (χ1n) is 10.9. The summed E-state index contributed by atoms with van der Waals surface area (Å²) >= 11 is 12.5. The monoisotopic (exact) mass is 502 g/mol. The predicted octanol–water partition coefficient (Wildman–Crippen LogP) is 6.05. The number of nitrogens with one attached hydrogen (secondary N) is 1. The Bertz CT molecular complexity index is 1480. The number of halogens is 2. The standard InChI is InChI=1S/C26H20Cl2N6O/c1-17-23(24(18-9-4-2-5-10-18)31-34(17)19-11-6-3-7-12-19)25(35)30-26-29-16-33(32-26)15-20-21(27)13-8-14-22(20)28/h2-14,16H,15H2,1H3,(H,30,32,35). The van der Waals surface area contributed by atoms with Gasteiger partial charge in [-0.05, 0) is 31.2 Å². The third-order valence-electron chi connectivity index (χ3n) is 5.53. The predicted molar refractivity (Wildman–Crippen MR) is 137 cm³/mol. The average Bonchev–Trinajstić information content (AvgIpc) is 3.46. The van der Waals surface area contributed by atoms with Gasteiger partial charge in [0.05, 0.1) is 23.5 Å². The highest BCUT2D eigenvalue weighted by molar-refractivity contribution is 6.36. The number of hydrogen-bond acceptors (Lipinski definition) is 4. The Morgan fingerprint density at radius 1 is 0.886 bits per heavy atom. The molecule has 3 aromatic carbocycles. The van der Waals surface area contributed by atoms with Gasteiger partial charge < -0.3 is 0 Å². The van der Waals surface area contributed by atoms with Gasteiger partial charge in [0, 0.05) is 21.2 Å². The van der Waals surface area contributed by atoms with Crippen LogP contribution in [0.3, 0.4) is 0 Å². The molecule has 0 aliphatic carbocycles.